The molecular weight excluding hydrogens is 265 g/mol. The summed E-state index contributed by atoms with van der Waals surface area (Å²) in [5, 5.41) is -0.224. The van der Waals surface area contributed by atoms with Crippen LogP contribution in [0.5, 0.6) is 0 Å². The number of ether oxygens (including phenoxy) is 1. The van der Waals surface area contributed by atoms with E-state index in [1.165, 1.54) is 18.9 Å². The molecule has 0 aliphatic rings. The predicted octanol–water partition coefficient (Wildman–Crippen LogP) is 4.04. The summed E-state index contributed by atoms with van der Waals surface area (Å²) in [7, 11) is 1.35. The van der Waals surface area contributed by atoms with Crippen LogP contribution in [-0.4, -0.2) is 30.3 Å². The third-order valence-corrected chi connectivity index (χ3v) is 4.06. The SMILES string of the molecule is COC(=O)C(SCCCCCC(F)(F)F)C(C)C. The minimum absolute atomic E-state index is 0.161. The minimum Gasteiger partial charge on any atom is -0.468 e. The maximum Gasteiger partial charge on any atom is 0.389 e. The van der Waals surface area contributed by atoms with Crippen LogP contribution in [0.2, 0.25) is 0 Å². The zero-order chi connectivity index (χ0) is 14.2. The van der Waals surface area contributed by atoms with Gasteiger partial charge in [0.15, 0.2) is 0 Å². The summed E-state index contributed by atoms with van der Waals surface area (Å²) in [5.74, 6) is 0.596. The molecule has 0 radical (unpaired) electrons. The summed E-state index contributed by atoms with van der Waals surface area (Å²) >= 11 is 1.46. The molecule has 0 fully saturated rings. The van der Waals surface area contributed by atoms with Gasteiger partial charge in [0.25, 0.3) is 0 Å². The van der Waals surface area contributed by atoms with Gasteiger partial charge in [-0.15, -0.1) is 11.8 Å². The normalized spacial score (nSPS) is 13.7. The highest BCUT2D eigenvalue weighted by molar-refractivity contribution is 8.00. The Hall–Kier alpha value is -0.390. The zero-order valence-corrected chi connectivity index (χ0v) is 11.9. The van der Waals surface area contributed by atoms with Gasteiger partial charge in [0.1, 0.15) is 5.25 Å². The molecule has 108 valence electrons. The van der Waals surface area contributed by atoms with Crippen LogP contribution in [0.1, 0.15) is 39.5 Å². The van der Waals surface area contributed by atoms with Crippen molar-refractivity contribution in [2.45, 2.75) is 51.0 Å². The van der Waals surface area contributed by atoms with Crippen molar-refractivity contribution >= 4 is 17.7 Å². The fourth-order valence-corrected chi connectivity index (χ4v) is 2.71. The molecule has 2 nitrogen and oxygen atoms in total. The highest BCUT2D eigenvalue weighted by atomic mass is 32.2. The molecule has 0 spiro atoms. The summed E-state index contributed by atoms with van der Waals surface area (Å²) in [6.07, 6.45) is -3.38. The lowest BCUT2D eigenvalue weighted by Gasteiger charge is -2.17. The molecule has 0 aliphatic carbocycles. The molecule has 1 atom stereocenters. The van der Waals surface area contributed by atoms with Gasteiger partial charge in [0.2, 0.25) is 0 Å². The number of esters is 1. The van der Waals surface area contributed by atoms with Crippen LogP contribution in [0, 0.1) is 5.92 Å². The fourth-order valence-electron chi connectivity index (χ4n) is 1.46. The number of unbranched alkanes of at least 4 members (excludes halogenated alkanes) is 2. The standard InChI is InChI=1S/C12H21F3O2S/c1-9(2)10(11(16)17-3)18-8-6-4-5-7-12(13,14)15/h9-10H,4-8H2,1-3H3. The first-order chi connectivity index (χ1) is 8.28. The Balaban J connectivity index is 3.72. The summed E-state index contributed by atoms with van der Waals surface area (Å²) < 4.78 is 40.3. The van der Waals surface area contributed by atoms with Gasteiger partial charge < -0.3 is 4.74 Å². The lowest BCUT2D eigenvalue weighted by molar-refractivity contribution is -0.140. The first kappa shape index (κ1) is 17.6. The first-order valence-corrected chi connectivity index (χ1v) is 7.09. The molecule has 1 unspecified atom stereocenters. The van der Waals surface area contributed by atoms with Crippen LogP contribution in [0.15, 0.2) is 0 Å². The molecule has 0 aromatic carbocycles. The van der Waals surface area contributed by atoms with E-state index in [1.54, 1.807) is 0 Å². The van der Waals surface area contributed by atoms with Crippen LogP contribution in [0.3, 0.4) is 0 Å². The highest BCUT2D eigenvalue weighted by Gasteiger charge is 2.26. The van der Waals surface area contributed by atoms with E-state index in [4.69, 9.17) is 0 Å². The minimum atomic E-state index is -4.06. The van der Waals surface area contributed by atoms with Crippen molar-refractivity contribution in [3.63, 3.8) is 0 Å². The number of alkyl halides is 3. The van der Waals surface area contributed by atoms with Crippen molar-refractivity contribution in [1.82, 2.24) is 0 Å². The molecule has 0 aromatic rings. The van der Waals surface area contributed by atoms with Crippen molar-refractivity contribution in [3.8, 4) is 0 Å². The van der Waals surface area contributed by atoms with E-state index >= 15 is 0 Å². The Morgan fingerprint density at radius 1 is 1.22 bits per heavy atom. The van der Waals surface area contributed by atoms with Crippen LogP contribution in [0.4, 0.5) is 13.2 Å². The molecule has 18 heavy (non-hydrogen) atoms. The quantitative estimate of drug-likeness (QED) is 0.497. The van der Waals surface area contributed by atoms with E-state index in [9.17, 15) is 18.0 Å². The molecule has 0 amide bonds. The van der Waals surface area contributed by atoms with Crippen LogP contribution >= 0.6 is 11.8 Å². The lowest BCUT2D eigenvalue weighted by Crippen LogP contribution is -2.24. The number of halogens is 3. The number of methoxy groups -OCH3 is 1. The van der Waals surface area contributed by atoms with E-state index in [0.29, 0.717) is 18.6 Å². The average molecular weight is 286 g/mol. The van der Waals surface area contributed by atoms with E-state index in [2.05, 4.69) is 4.74 Å². The number of rotatable bonds is 8. The van der Waals surface area contributed by atoms with Gasteiger partial charge in [-0.3, -0.25) is 4.79 Å². The topological polar surface area (TPSA) is 26.3 Å². The second-order valence-corrected chi connectivity index (χ2v) is 5.73. The second kappa shape index (κ2) is 8.67. The van der Waals surface area contributed by atoms with Crippen molar-refractivity contribution < 1.29 is 22.7 Å². The van der Waals surface area contributed by atoms with Gasteiger partial charge >= 0.3 is 12.1 Å². The third-order valence-electron chi connectivity index (χ3n) is 2.44. The molecule has 0 aliphatic heterocycles. The molecule has 0 rings (SSSR count). The van der Waals surface area contributed by atoms with E-state index in [0.717, 1.165) is 0 Å². The maximum absolute atomic E-state index is 11.9. The Morgan fingerprint density at radius 3 is 2.28 bits per heavy atom. The number of carbonyl (C=O) groups is 1. The smallest absolute Gasteiger partial charge is 0.389 e. The van der Waals surface area contributed by atoms with Crippen LogP contribution in [0.25, 0.3) is 0 Å². The maximum atomic E-state index is 11.9. The van der Waals surface area contributed by atoms with Gasteiger partial charge in [-0.05, 0) is 24.5 Å². The van der Waals surface area contributed by atoms with E-state index < -0.39 is 12.6 Å². The van der Waals surface area contributed by atoms with Crippen molar-refractivity contribution in [2.75, 3.05) is 12.9 Å². The van der Waals surface area contributed by atoms with Crippen LogP contribution < -0.4 is 0 Å². The summed E-state index contributed by atoms with van der Waals surface area (Å²) in [6.45, 7) is 3.86. The highest BCUT2D eigenvalue weighted by Crippen LogP contribution is 2.25. The summed E-state index contributed by atoms with van der Waals surface area (Å²) in [5.41, 5.74) is 0. The number of thioether (sulfide) groups is 1. The number of carbonyl (C=O) groups excluding carboxylic acids is 1. The van der Waals surface area contributed by atoms with Gasteiger partial charge in [-0.25, -0.2) is 0 Å². The van der Waals surface area contributed by atoms with Gasteiger partial charge in [0, 0.05) is 6.42 Å². The molecule has 0 saturated heterocycles. The average Bonchev–Trinajstić information content (AvgIpc) is 2.25. The van der Waals surface area contributed by atoms with E-state index in [-0.39, 0.29) is 23.6 Å². The third kappa shape index (κ3) is 8.66. The van der Waals surface area contributed by atoms with Gasteiger partial charge in [0.05, 0.1) is 7.11 Å². The molecule has 0 N–H and O–H groups in total. The zero-order valence-electron chi connectivity index (χ0n) is 11.0. The first-order valence-electron chi connectivity index (χ1n) is 6.04. The Labute approximate surface area is 111 Å². The molecule has 0 bridgehead atoms. The Bertz CT molecular complexity index is 242. The predicted molar refractivity (Wildman–Crippen MR) is 67.6 cm³/mol. The van der Waals surface area contributed by atoms with E-state index in [1.807, 2.05) is 13.8 Å². The van der Waals surface area contributed by atoms with Crippen LogP contribution in [-0.2, 0) is 9.53 Å². The molecule has 0 aromatic heterocycles. The van der Waals surface area contributed by atoms with Crippen molar-refractivity contribution in [1.29, 1.82) is 0 Å². The summed E-state index contributed by atoms with van der Waals surface area (Å²) in [6, 6.07) is 0. The fraction of sp³-hybridized carbons (Fsp3) is 0.917. The number of hydrogen-bond acceptors (Lipinski definition) is 3. The van der Waals surface area contributed by atoms with Gasteiger partial charge in [-0.2, -0.15) is 13.2 Å². The second-order valence-electron chi connectivity index (χ2n) is 4.48. The molecule has 0 saturated carbocycles. The van der Waals surface area contributed by atoms with Crippen molar-refractivity contribution in [3.05, 3.63) is 0 Å². The number of hydrogen-bond donors (Lipinski definition) is 0. The van der Waals surface area contributed by atoms with Gasteiger partial charge in [-0.1, -0.05) is 20.3 Å². The molecule has 0 heterocycles. The summed E-state index contributed by atoms with van der Waals surface area (Å²) in [4.78, 5) is 11.4. The molecular formula is C12H21F3O2S. The van der Waals surface area contributed by atoms with Crippen molar-refractivity contribution in [2.24, 2.45) is 5.92 Å². The molecule has 6 heteroatoms. The monoisotopic (exact) mass is 286 g/mol. The Kier molecular flexibility index (Phi) is 8.48. The Morgan fingerprint density at radius 2 is 1.83 bits per heavy atom. The lowest BCUT2D eigenvalue weighted by atomic mass is 10.1. The largest absolute Gasteiger partial charge is 0.468 e.